The molecule has 0 fully saturated rings. The van der Waals surface area contributed by atoms with Gasteiger partial charge in [-0.25, -0.2) is 0 Å². The Kier molecular flexibility index (Phi) is 3.43. The molecule has 23 heavy (non-hydrogen) atoms. The Morgan fingerprint density at radius 1 is 0.783 bits per heavy atom. The molecule has 3 aromatic rings. The largest absolute Gasteiger partial charge is 0.345 e. The van der Waals surface area contributed by atoms with Gasteiger partial charge in [-0.15, -0.1) is 0 Å². The molecule has 2 nitrogen and oxygen atoms in total. The van der Waals surface area contributed by atoms with Crippen molar-refractivity contribution in [1.82, 2.24) is 5.32 Å². The van der Waals surface area contributed by atoms with Crippen molar-refractivity contribution in [3.8, 4) is 11.1 Å². The lowest BCUT2D eigenvalue weighted by Crippen LogP contribution is -2.31. The molecular formula is C21H17NO. The van der Waals surface area contributed by atoms with E-state index < -0.39 is 0 Å². The van der Waals surface area contributed by atoms with E-state index in [1.165, 1.54) is 22.3 Å². The predicted octanol–water partition coefficient (Wildman–Crippen LogP) is 4.38. The number of fused-ring (bicyclic) bond motifs is 3. The zero-order valence-corrected chi connectivity index (χ0v) is 12.7. The minimum absolute atomic E-state index is 0.00815. The highest BCUT2D eigenvalue weighted by Crippen LogP contribution is 2.38. The minimum Gasteiger partial charge on any atom is -0.345 e. The second-order valence-corrected chi connectivity index (χ2v) is 5.84. The molecule has 1 amide bonds. The van der Waals surface area contributed by atoms with E-state index in [0.717, 1.165) is 6.42 Å². The van der Waals surface area contributed by atoms with Crippen molar-refractivity contribution in [2.75, 3.05) is 0 Å². The first-order valence-electron chi connectivity index (χ1n) is 7.86. The van der Waals surface area contributed by atoms with Crippen LogP contribution in [0, 0.1) is 0 Å². The summed E-state index contributed by atoms with van der Waals surface area (Å²) in [6.07, 6.45) is 0.825. The van der Waals surface area contributed by atoms with E-state index in [2.05, 4.69) is 47.8 Å². The van der Waals surface area contributed by atoms with Crippen LogP contribution in [0.2, 0.25) is 0 Å². The molecule has 0 heterocycles. The maximum atomic E-state index is 12.5. The Balaban J connectivity index is 1.70. The average molecular weight is 299 g/mol. The number of carbonyl (C=O) groups excluding carboxylic acids is 1. The monoisotopic (exact) mass is 299 g/mol. The fraction of sp³-hybridized carbons (Fsp3) is 0.0952. The Hall–Kier alpha value is -2.87. The molecule has 0 spiro atoms. The van der Waals surface area contributed by atoms with Crippen molar-refractivity contribution in [3.05, 3.63) is 95.6 Å². The number of carbonyl (C=O) groups is 1. The van der Waals surface area contributed by atoms with E-state index in [9.17, 15) is 4.79 Å². The summed E-state index contributed by atoms with van der Waals surface area (Å²) in [7, 11) is 0. The maximum absolute atomic E-state index is 12.5. The summed E-state index contributed by atoms with van der Waals surface area (Å²) in [4.78, 5) is 12.5. The van der Waals surface area contributed by atoms with Gasteiger partial charge in [-0.2, -0.15) is 0 Å². The number of amides is 1. The normalized spacial score (nSPS) is 15.4. The van der Waals surface area contributed by atoms with E-state index in [-0.39, 0.29) is 11.9 Å². The molecule has 0 unspecified atom stereocenters. The smallest absolute Gasteiger partial charge is 0.251 e. The van der Waals surface area contributed by atoms with E-state index in [0.29, 0.717) is 5.56 Å². The number of nitrogens with one attached hydrogen (secondary N) is 1. The van der Waals surface area contributed by atoms with Crippen LogP contribution in [0.3, 0.4) is 0 Å². The van der Waals surface area contributed by atoms with Crippen molar-refractivity contribution in [2.45, 2.75) is 12.5 Å². The maximum Gasteiger partial charge on any atom is 0.251 e. The van der Waals surface area contributed by atoms with Crippen LogP contribution in [-0.2, 0) is 6.42 Å². The number of rotatable bonds is 2. The van der Waals surface area contributed by atoms with Crippen molar-refractivity contribution in [2.24, 2.45) is 0 Å². The quantitative estimate of drug-likeness (QED) is 0.747. The average Bonchev–Trinajstić information content (AvgIpc) is 2.62. The highest BCUT2D eigenvalue weighted by Gasteiger charge is 2.25. The van der Waals surface area contributed by atoms with Gasteiger partial charge in [0.05, 0.1) is 6.04 Å². The van der Waals surface area contributed by atoms with Gasteiger partial charge in [0, 0.05) is 5.56 Å². The van der Waals surface area contributed by atoms with Gasteiger partial charge < -0.3 is 5.32 Å². The molecule has 0 saturated heterocycles. The molecule has 1 atom stereocenters. The summed E-state index contributed by atoms with van der Waals surface area (Å²) < 4.78 is 0. The number of hydrogen-bond donors (Lipinski definition) is 1. The molecule has 1 aliphatic rings. The molecule has 0 aromatic heterocycles. The van der Waals surface area contributed by atoms with Crippen LogP contribution in [-0.4, -0.2) is 5.91 Å². The van der Waals surface area contributed by atoms with Crippen LogP contribution >= 0.6 is 0 Å². The van der Waals surface area contributed by atoms with Gasteiger partial charge >= 0.3 is 0 Å². The van der Waals surface area contributed by atoms with Crippen molar-refractivity contribution < 1.29 is 4.79 Å². The van der Waals surface area contributed by atoms with Gasteiger partial charge in [-0.05, 0) is 40.8 Å². The lowest BCUT2D eigenvalue weighted by Gasteiger charge is -2.28. The van der Waals surface area contributed by atoms with Crippen molar-refractivity contribution in [3.63, 3.8) is 0 Å². The van der Waals surface area contributed by atoms with Gasteiger partial charge in [0.15, 0.2) is 0 Å². The molecule has 4 rings (SSSR count). The first kappa shape index (κ1) is 13.8. The highest BCUT2D eigenvalue weighted by molar-refractivity contribution is 5.94. The SMILES string of the molecule is O=C(N[C@H]1Cc2ccccc2-c2ccccc21)c1ccccc1. The van der Waals surface area contributed by atoms with E-state index in [1.807, 2.05) is 36.4 Å². The van der Waals surface area contributed by atoms with E-state index in [1.54, 1.807) is 0 Å². The summed E-state index contributed by atoms with van der Waals surface area (Å²) in [6, 6.07) is 26.2. The van der Waals surface area contributed by atoms with Crippen molar-refractivity contribution >= 4 is 5.91 Å². The fourth-order valence-electron chi connectivity index (χ4n) is 3.30. The molecule has 0 aliphatic heterocycles. The first-order chi connectivity index (χ1) is 11.3. The number of hydrogen-bond acceptors (Lipinski definition) is 1. The minimum atomic E-state index is -0.0233. The molecule has 0 bridgehead atoms. The third-order valence-corrected chi connectivity index (χ3v) is 4.41. The summed E-state index contributed by atoms with van der Waals surface area (Å²) in [6.45, 7) is 0. The van der Waals surface area contributed by atoms with Gasteiger partial charge in [0.2, 0.25) is 0 Å². The molecule has 1 aliphatic carbocycles. The van der Waals surface area contributed by atoms with Gasteiger partial charge in [-0.1, -0.05) is 66.7 Å². The predicted molar refractivity (Wildman–Crippen MR) is 92.2 cm³/mol. The van der Waals surface area contributed by atoms with Crippen LogP contribution in [0.1, 0.15) is 27.5 Å². The third-order valence-electron chi connectivity index (χ3n) is 4.41. The fourth-order valence-corrected chi connectivity index (χ4v) is 3.30. The summed E-state index contributed by atoms with van der Waals surface area (Å²) in [5.41, 5.74) is 5.66. The second-order valence-electron chi connectivity index (χ2n) is 5.84. The van der Waals surface area contributed by atoms with Gasteiger partial charge in [0.1, 0.15) is 0 Å². The zero-order valence-electron chi connectivity index (χ0n) is 12.7. The number of benzene rings is 3. The van der Waals surface area contributed by atoms with Crippen LogP contribution in [0.25, 0.3) is 11.1 Å². The highest BCUT2D eigenvalue weighted by atomic mass is 16.1. The summed E-state index contributed by atoms with van der Waals surface area (Å²) >= 11 is 0. The lowest BCUT2D eigenvalue weighted by atomic mass is 9.82. The Labute approximate surface area is 135 Å². The molecular weight excluding hydrogens is 282 g/mol. The van der Waals surface area contributed by atoms with Crippen LogP contribution in [0.4, 0.5) is 0 Å². The molecule has 3 aromatic carbocycles. The zero-order chi connectivity index (χ0) is 15.6. The summed E-state index contributed by atoms with van der Waals surface area (Å²) in [5.74, 6) is -0.0233. The van der Waals surface area contributed by atoms with Crippen LogP contribution in [0.5, 0.6) is 0 Å². The first-order valence-corrected chi connectivity index (χ1v) is 7.86. The van der Waals surface area contributed by atoms with Gasteiger partial charge in [-0.3, -0.25) is 4.79 Å². The van der Waals surface area contributed by atoms with E-state index >= 15 is 0 Å². The Morgan fingerprint density at radius 3 is 2.26 bits per heavy atom. The standard InChI is InChI=1S/C21H17NO/c23-21(15-8-2-1-3-9-15)22-20-14-16-10-4-5-11-17(16)18-12-6-7-13-19(18)20/h1-13,20H,14H2,(H,22,23)/t20-/m0/s1. The molecule has 2 heteroatoms. The third kappa shape index (κ3) is 2.53. The Morgan fingerprint density at radius 2 is 1.43 bits per heavy atom. The van der Waals surface area contributed by atoms with Crippen LogP contribution < -0.4 is 5.32 Å². The van der Waals surface area contributed by atoms with Gasteiger partial charge in [0.25, 0.3) is 5.91 Å². The van der Waals surface area contributed by atoms with Crippen molar-refractivity contribution in [1.29, 1.82) is 0 Å². The summed E-state index contributed by atoms with van der Waals surface area (Å²) in [5, 5.41) is 3.19. The lowest BCUT2D eigenvalue weighted by molar-refractivity contribution is 0.0936. The molecule has 1 N–H and O–H groups in total. The van der Waals surface area contributed by atoms with E-state index in [4.69, 9.17) is 0 Å². The topological polar surface area (TPSA) is 29.1 Å². The Bertz CT molecular complexity index is 854. The molecule has 112 valence electrons. The van der Waals surface area contributed by atoms with Crippen LogP contribution in [0.15, 0.2) is 78.9 Å². The molecule has 0 radical (unpaired) electrons. The second kappa shape index (κ2) is 5.73. The molecule has 0 saturated carbocycles.